The quantitative estimate of drug-likeness (QED) is 0.484. The molecular formula is C23H21N7O2. The molecule has 1 amide bonds. The third-order valence-corrected chi connectivity index (χ3v) is 5.26. The first-order valence-electron chi connectivity index (χ1n) is 10.3. The van der Waals surface area contributed by atoms with E-state index >= 15 is 0 Å². The number of carbonyl (C=O) groups is 1. The number of aromatic nitrogens is 5. The van der Waals surface area contributed by atoms with Crippen molar-refractivity contribution < 1.29 is 9.53 Å². The normalized spacial score (nSPS) is 13.8. The van der Waals surface area contributed by atoms with Crippen LogP contribution in [0.2, 0.25) is 0 Å². The van der Waals surface area contributed by atoms with Gasteiger partial charge in [0.1, 0.15) is 36.3 Å². The van der Waals surface area contributed by atoms with Gasteiger partial charge in [-0.2, -0.15) is 5.10 Å². The zero-order valence-electron chi connectivity index (χ0n) is 17.3. The van der Waals surface area contributed by atoms with Crippen LogP contribution in [0.1, 0.15) is 10.4 Å². The Bertz CT molecular complexity index is 1170. The summed E-state index contributed by atoms with van der Waals surface area (Å²) in [6, 6.07) is 18.7. The number of hydrogen-bond donors (Lipinski definition) is 0. The highest BCUT2D eigenvalue weighted by Crippen LogP contribution is 2.22. The minimum Gasteiger partial charge on any atom is -0.457 e. The van der Waals surface area contributed by atoms with Crippen molar-refractivity contribution in [3.63, 3.8) is 0 Å². The number of para-hydroxylation sites is 1. The van der Waals surface area contributed by atoms with Crippen molar-refractivity contribution in [1.82, 2.24) is 29.6 Å². The maximum atomic E-state index is 12.9. The van der Waals surface area contributed by atoms with Crippen molar-refractivity contribution in [3.8, 4) is 17.3 Å². The fourth-order valence-corrected chi connectivity index (χ4v) is 3.57. The molecule has 160 valence electrons. The van der Waals surface area contributed by atoms with Crippen LogP contribution in [0, 0.1) is 0 Å². The second-order valence-electron chi connectivity index (χ2n) is 7.29. The number of ether oxygens (including phenoxy) is 1. The molecule has 0 spiro atoms. The van der Waals surface area contributed by atoms with Crippen LogP contribution in [0.25, 0.3) is 5.82 Å². The van der Waals surface area contributed by atoms with Crippen molar-refractivity contribution >= 4 is 11.7 Å². The van der Waals surface area contributed by atoms with Crippen LogP contribution < -0.4 is 9.64 Å². The van der Waals surface area contributed by atoms with Crippen LogP contribution in [0.3, 0.4) is 0 Å². The molecule has 0 aliphatic carbocycles. The summed E-state index contributed by atoms with van der Waals surface area (Å²) in [5, 5.41) is 4.11. The van der Waals surface area contributed by atoms with Crippen molar-refractivity contribution in [2.75, 3.05) is 31.1 Å². The Morgan fingerprint density at radius 1 is 0.812 bits per heavy atom. The number of anilines is 1. The lowest BCUT2D eigenvalue weighted by Crippen LogP contribution is -2.49. The molecule has 2 aromatic carbocycles. The summed E-state index contributed by atoms with van der Waals surface area (Å²) in [5.74, 6) is 2.94. The van der Waals surface area contributed by atoms with Gasteiger partial charge < -0.3 is 14.5 Å². The Labute approximate surface area is 184 Å². The lowest BCUT2D eigenvalue weighted by atomic mass is 10.1. The standard InChI is InChI=1S/C23H21N7O2/c31-23(18-6-8-20(9-7-18)32-19-4-2-1-3-5-19)29-12-10-28(11-13-29)21-14-22(26-16-25-21)30-17-24-15-27-30/h1-9,14-17H,10-13H2. The number of nitrogens with zero attached hydrogens (tertiary/aromatic N) is 7. The van der Waals surface area contributed by atoms with Crippen LogP contribution >= 0.6 is 0 Å². The number of carbonyl (C=O) groups excluding carboxylic acids is 1. The number of benzene rings is 2. The summed E-state index contributed by atoms with van der Waals surface area (Å²) in [6.07, 6.45) is 4.58. The molecule has 2 aromatic heterocycles. The highest BCUT2D eigenvalue weighted by molar-refractivity contribution is 5.94. The van der Waals surface area contributed by atoms with Gasteiger partial charge in [0.25, 0.3) is 5.91 Å². The van der Waals surface area contributed by atoms with Crippen molar-refractivity contribution in [2.45, 2.75) is 0 Å². The number of amides is 1. The van der Waals surface area contributed by atoms with E-state index in [0.29, 0.717) is 43.3 Å². The zero-order valence-corrected chi connectivity index (χ0v) is 17.3. The van der Waals surface area contributed by atoms with Crippen LogP contribution in [-0.4, -0.2) is 61.7 Å². The van der Waals surface area contributed by atoms with Gasteiger partial charge in [0, 0.05) is 37.8 Å². The molecule has 32 heavy (non-hydrogen) atoms. The summed E-state index contributed by atoms with van der Waals surface area (Å²) >= 11 is 0. The van der Waals surface area contributed by atoms with Gasteiger partial charge >= 0.3 is 0 Å². The van der Waals surface area contributed by atoms with Gasteiger partial charge in [-0.05, 0) is 36.4 Å². The highest BCUT2D eigenvalue weighted by Gasteiger charge is 2.23. The smallest absolute Gasteiger partial charge is 0.253 e. The van der Waals surface area contributed by atoms with Gasteiger partial charge in [-0.25, -0.2) is 19.6 Å². The maximum Gasteiger partial charge on any atom is 0.253 e. The van der Waals surface area contributed by atoms with Crippen LogP contribution in [0.15, 0.2) is 79.6 Å². The SMILES string of the molecule is O=C(c1ccc(Oc2ccccc2)cc1)N1CCN(c2cc(-n3cncn3)ncn2)CC1. The van der Waals surface area contributed by atoms with Crippen LogP contribution in [0.5, 0.6) is 11.5 Å². The second-order valence-corrected chi connectivity index (χ2v) is 7.29. The molecule has 0 bridgehead atoms. The molecule has 1 aliphatic heterocycles. The molecule has 0 radical (unpaired) electrons. The first-order chi connectivity index (χ1) is 15.8. The Hall–Kier alpha value is -4.27. The molecule has 4 aromatic rings. The zero-order chi connectivity index (χ0) is 21.8. The molecule has 0 saturated carbocycles. The van der Waals surface area contributed by atoms with Gasteiger partial charge in [-0.3, -0.25) is 4.79 Å². The number of rotatable bonds is 5. The fourth-order valence-electron chi connectivity index (χ4n) is 3.57. The molecule has 0 unspecified atom stereocenters. The van der Waals surface area contributed by atoms with E-state index in [-0.39, 0.29) is 5.91 Å². The van der Waals surface area contributed by atoms with E-state index in [9.17, 15) is 4.79 Å². The van der Waals surface area contributed by atoms with Gasteiger partial charge in [-0.15, -0.1) is 0 Å². The maximum absolute atomic E-state index is 12.9. The molecular weight excluding hydrogens is 406 g/mol. The van der Waals surface area contributed by atoms with Crippen molar-refractivity contribution in [1.29, 1.82) is 0 Å². The van der Waals surface area contributed by atoms with Crippen molar-refractivity contribution in [3.05, 3.63) is 85.2 Å². The lowest BCUT2D eigenvalue weighted by molar-refractivity contribution is 0.0746. The minimum absolute atomic E-state index is 0.0157. The van der Waals surface area contributed by atoms with E-state index in [2.05, 4.69) is 25.0 Å². The topological polar surface area (TPSA) is 89.3 Å². The van der Waals surface area contributed by atoms with E-state index < -0.39 is 0 Å². The van der Waals surface area contributed by atoms with Crippen LogP contribution in [-0.2, 0) is 0 Å². The molecule has 0 N–H and O–H groups in total. The van der Waals surface area contributed by atoms with E-state index in [1.54, 1.807) is 11.0 Å². The molecule has 0 atom stereocenters. The first-order valence-corrected chi connectivity index (χ1v) is 10.3. The van der Waals surface area contributed by atoms with Gasteiger partial charge in [0.2, 0.25) is 0 Å². The molecule has 5 rings (SSSR count). The monoisotopic (exact) mass is 427 g/mol. The Balaban J connectivity index is 1.20. The summed E-state index contributed by atoms with van der Waals surface area (Å²) in [7, 11) is 0. The largest absolute Gasteiger partial charge is 0.457 e. The Morgan fingerprint density at radius 2 is 1.53 bits per heavy atom. The molecule has 9 heteroatoms. The molecule has 1 saturated heterocycles. The third-order valence-electron chi connectivity index (χ3n) is 5.26. The predicted molar refractivity (Wildman–Crippen MR) is 118 cm³/mol. The van der Waals surface area contributed by atoms with Gasteiger partial charge in [0.15, 0.2) is 5.82 Å². The summed E-state index contributed by atoms with van der Waals surface area (Å²) in [5.41, 5.74) is 0.648. The first kappa shape index (κ1) is 19.7. The summed E-state index contributed by atoms with van der Waals surface area (Å²) in [6.45, 7) is 2.61. The van der Waals surface area contributed by atoms with Gasteiger partial charge in [-0.1, -0.05) is 18.2 Å². The molecule has 1 aliphatic rings. The highest BCUT2D eigenvalue weighted by atomic mass is 16.5. The van der Waals surface area contributed by atoms with Gasteiger partial charge in [0.05, 0.1) is 0 Å². The summed E-state index contributed by atoms with van der Waals surface area (Å²) in [4.78, 5) is 29.5. The third kappa shape index (κ3) is 4.27. The van der Waals surface area contributed by atoms with E-state index in [4.69, 9.17) is 4.74 Å². The Morgan fingerprint density at radius 3 is 2.25 bits per heavy atom. The van der Waals surface area contributed by atoms with Crippen LogP contribution in [0.4, 0.5) is 5.82 Å². The van der Waals surface area contributed by atoms with E-state index in [1.165, 1.54) is 12.7 Å². The number of hydrogen-bond acceptors (Lipinski definition) is 7. The van der Waals surface area contributed by atoms with E-state index in [0.717, 1.165) is 11.6 Å². The average molecular weight is 427 g/mol. The Kier molecular flexibility index (Phi) is 5.44. The minimum atomic E-state index is 0.0157. The van der Waals surface area contributed by atoms with Crippen molar-refractivity contribution in [2.24, 2.45) is 0 Å². The molecule has 1 fully saturated rings. The predicted octanol–water partition coefficient (Wildman–Crippen LogP) is 2.81. The fraction of sp³-hybridized carbons (Fsp3) is 0.174. The average Bonchev–Trinajstić information content (AvgIpc) is 3.40. The summed E-state index contributed by atoms with van der Waals surface area (Å²) < 4.78 is 7.40. The molecule has 9 nitrogen and oxygen atoms in total. The number of piperazine rings is 1. The molecule has 3 heterocycles. The second kappa shape index (κ2) is 8.84. The lowest BCUT2D eigenvalue weighted by Gasteiger charge is -2.35. The van der Waals surface area contributed by atoms with E-state index in [1.807, 2.05) is 65.6 Å².